The first-order valence-electron chi connectivity index (χ1n) is 4.37. The Kier molecular flexibility index (Phi) is 6.70. The van der Waals surface area contributed by atoms with E-state index >= 15 is 0 Å². The van der Waals surface area contributed by atoms with Crippen molar-refractivity contribution >= 4 is 5.91 Å². The fraction of sp³-hybridized carbons (Fsp3) is 0.875. The largest absolute Gasteiger partial charge is 0.359 e. The SMILES string of the molecule is CCN(CCN)CCC(=O)NC. The number of likely N-dealkylation sites (N-methyl/N-ethyl adjacent to an activating group) is 1. The maximum absolute atomic E-state index is 10.9. The van der Waals surface area contributed by atoms with Crippen LogP contribution in [-0.4, -0.2) is 44.0 Å². The van der Waals surface area contributed by atoms with Crippen molar-refractivity contribution in [3.05, 3.63) is 0 Å². The third-order valence-corrected chi connectivity index (χ3v) is 1.83. The van der Waals surface area contributed by atoms with Crippen LogP contribution in [0.4, 0.5) is 0 Å². The highest BCUT2D eigenvalue weighted by Gasteiger charge is 2.03. The number of hydrogen-bond donors (Lipinski definition) is 2. The van der Waals surface area contributed by atoms with Gasteiger partial charge in [0, 0.05) is 33.1 Å². The minimum atomic E-state index is 0.0884. The zero-order valence-electron chi connectivity index (χ0n) is 7.97. The van der Waals surface area contributed by atoms with Gasteiger partial charge in [0.25, 0.3) is 0 Å². The Morgan fingerprint density at radius 3 is 2.58 bits per heavy atom. The number of nitrogens with one attached hydrogen (secondary N) is 1. The molecule has 0 heterocycles. The van der Waals surface area contributed by atoms with Gasteiger partial charge in [-0.25, -0.2) is 0 Å². The second-order valence-corrected chi connectivity index (χ2v) is 2.65. The minimum absolute atomic E-state index is 0.0884. The molecule has 12 heavy (non-hydrogen) atoms. The second kappa shape index (κ2) is 7.06. The van der Waals surface area contributed by atoms with E-state index in [4.69, 9.17) is 5.73 Å². The van der Waals surface area contributed by atoms with E-state index in [1.807, 2.05) is 0 Å². The van der Waals surface area contributed by atoms with Gasteiger partial charge in [-0.1, -0.05) is 6.92 Å². The van der Waals surface area contributed by atoms with Gasteiger partial charge in [-0.05, 0) is 6.54 Å². The first kappa shape index (κ1) is 11.4. The molecule has 4 nitrogen and oxygen atoms in total. The Hall–Kier alpha value is -0.610. The Balaban J connectivity index is 3.50. The Labute approximate surface area is 74.1 Å². The maximum Gasteiger partial charge on any atom is 0.221 e. The molecule has 0 aromatic carbocycles. The molecule has 0 saturated heterocycles. The summed E-state index contributed by atoms with van der Waals surface area (Å²) in [7, 11) is 1.65. The van der Waals surface area contributed by atoms with Crippen LogP contribution in [0.25, 0.3) is 0 Å². The summed E-state index contributed by atoms with van der Waals surface area (Å²) in [6.45, 7) is 5.34. The van der Waals surface area contributed by atoms with Crippen LogP contribution in [0.3, 0.4) is 0 Å². The van der Waals surface area contributed by atoms with Crippen LogP contribution in [0.5, 0.6) is 0 Å². The third-order valence-electron chi connectivity index (χ3n) is 1.83. The average Bonchev–Trinajstić information content (AvgIpc) is 2.11. The van der Waals surface area contributed by atoms with E-state index in [2.05, 4.69) is 17.1 Å². The monoisotopic (exact) mass is 173 g/mol. The molecule has 0 aliphatic rings. The lowest BCUT2D eigenvalue weighted by Crippen LogP contribution is -2.33. The smallest absolute Gasteiger partial charge is 0.221 e. The standard InChI is InChI=1S/C8H19N3O/c1-3-11(7-5-9)6-4-8(12)10-2/h3-7,9H2,1-2H3,(H,10,12). The van der Waals surface area contributed by atoms with Gasteiger partial charge in [0.1, 0.15) is 0 Å². The van der Waals surface area contributed by atoms with E-state index in [-0.39, 0.29) is 5.91 Å². The molecule has 0 saturated carbocycles. The molecule has 0 aromatic rings. The van der Waals surface area contributed by atoms with Crippen molar-refractivity contribution in [1.82, 2.24) is 10.2 Å². The number of rotatable bonds is 6. The van der Waals surface area contributed by atoms with Gasteiger partial charge < -0.3 is 16.0 Å². The van der Waals surface area contributed by atoms with Crippen molar-refractivity contribution in [2.24, 2.45) is 5.73 Å². The molecule has 0 aliphatic heterocycles. The van der Waals surface area contributed by atoms with Crippen molar-refractivity contribution in [2.75, 3.05) is 33.2 Å². The molecule has 0 unspecified atom stereocenters. The van der Waals surface area contributed by atoms with Gasteiger partial charge in [0.05, 0.1) is 0 Å². The van der Waals surface area contributed by atoms with E-state index < -0.39 is 0 Å². The van der Waals surface area contributed by atoms with Crippen molar-refractivity contribution < 1.29 is 4.79 Å². The molecule has 0 bridgehead atoms. The van der Waals surface area contributed by atoms with E-state index in [1.54, 1.807) is 7.05 Å². The molecule has 1 amide bonds. The van der Waals surface area contributed by atoms with Crippen LogP contribution in [0.2, 0.25) is 0 Å². The Morgan fingerprint density at radius 2 is 2.17 bits per heavy atom. The minimum Gasteiger partial charge on any atom is -0.359 e. The van der Waals surface area contributed by atoms with Crippen molar-refractivity contribution in [3.63, 3.8) is 0 Å². The number of carbonyl (C=O) groups is 1. The van der Waals surface area contributed by atoms with Crippen LogP contribution in [0, 0.1) is 0 Å². The van der Waals surface area contributed by atoms with Crippen LogP contribution < -0.4 is 11.1 Å². The van der Waals surface area contributed by atoms with E-state index in [0.29, 0.717) is 13.0 Å². The zero-order valence-corrected chi connectivity index (χ0v) is 7.97. The summed E-state index contributed by atoms with van der Waals surface area (Å²) < 4.78 is 0. The summed E-state index contributed by atoms with van der Waals surface area (Å²) in [6, 6.07) is 0. The molecule has 0 aliphatic carbocycles. The van der Waals surface area contributed by atoms with Crippen LogP contribution >= 0.6 is 0 Å². The van der Waals surface area contributed by atoms with Crippen LogP contribution in [0.15, 0.2) is 0 Å². The molecule has 3 N–H and O–H groups in total. The molecular formula is C8H19N3O. The average molecular weight is 173 g/mol. The van der Waals surface area contributed by atoms with Gasteiger partial charge >= 0.3 is 0 Å². The van der Waals surface area contributed by atoms with E-state index in [1.165, 1.54) is 0 Å². The molecule has 4 heteroatoms. The number of carbonyl (C=O) groups excluding carboxylic acids is 1. The summed E-state index contributed by atoms with van der Waals surface area (Å²) in [5.41, 5.74) is 5.40. The van der Waals surface area contributed by atoms with Crippen molar-refractivity contribution in [1.29, 1.82) is 0 Å². The fourth-order valence-corrected chi connectivity index (χ4v) is 0.995. The number of nitrogens with two attached hydrogens (primary N) is 1. The predicted octanol–water partition coefficient (Wildman–Crippen LogP) is -0.597. The van der Waals surface area contributed by atoms with Gasteiger partial charge in [-0.2, -0.15) is 0 Å². The maximum atomic E-state index is 10.9. The topological polar surface area (TPSA) is 58.4 Å². The summed E-state index contributed by atoms with van der Waals surface area (Å²) in [4.78, 5) is 13.0. The Bertz CT molecular complexity index is 127. The van der Waals surface area contributed by atoms with Crippen molar-refractivity contribution in [2.45, 2.75) is 13.3 Å². The van der Waals surface area contributed by atoms with Gasteiger partial charge in [-0.15, -0.1) is 0 Å². The molecule has 0 radical (unpaired) electrons. The molecular weight excluding hydrogens is 154 g/mol. The van der Waals surface area contributed by atoms with Gasteiger partial charge in [0.15, 0.2) is 0 Å². The lowest BCUT2D eigenvalue weighted by molar-refractivity contribution is -0.120. The molecule has 0 atom stereocenters. The molecule has 0 spiro atoms. The number of amides is 1. The molecule has 72 valence electrons. The summed E-state index contributed by atoms with van der Waals surface area (Å²) in [6.07, 6.45) is 0.560. The lowest BCUT2D eigenvalue weighted by atomic mass is 10.3. The third kappa shape index (κ3) is 5.09. The van der Waals surface area contributed by atoms with E-state index in [9.17, 15) is 4.79 Å². The highest BCUT2D eigenvalue weighted by molar-refractivity contribution is 5.75. The lowest BCUT2D eigenvalue weighted by Gasteiger charge is -2.18. The highest BCUT2D eigenvalue weighted by atomic mass is 16.1. The molecule has 0 aromatic heterocycles. The Morgan fingerprint density at radius 1 is 1.50 bits per heavy atom. The predicted molar refractivity (Wildman–Crippen MR) is 49.9 cm³/mol. The molecule has 0 fully saturated rings. The highest BCUT2D eigenvalue weighted by Crippen LogP contribution is 1.89. The number of nitrogens with zero attached hydrogens (tertiary/aromatic N) is 1. The van der Waals surface area contributed by atoms with Gasteiger partial charge in [0.2, 0.25) is 5.91 Å². The quantitative estimate of drug-likeness (QED) is 0.564. The van der Waals surface area contributed by atoms with Crippen molar-refractivity contribution in [3.8, 4) is 0 Å². The van der Waals surface area contributed by atoms with Crippen LogP contribution in [-0.2, 0) is 4.79 Å². The first-order chi connectivity index (χ1) is 5.74. The first-order valence-corrected chi connectivity index (χ1v) is 4.37. The number of hydrogen-bond acceptors (Lipinski definition) is 3. The summed E-state index contributed by atoms with van der Waals surface area (Å²) >= 11 is 0. The normalized spacial score (nSPS) is 10.3. The van der Waals surface area contributed by atoms with Gasteiger partial charge in [-0.3, -0.25) is 4.79 Å². The van der Waals surface area contributed by atoms with Crippen LogP contribution in [0.1, 0.15) is 13.3 Å². The zero-order chi connectivity index (χ0) is 9.40. The fourth-order valence-electron chi connectivity index (χ4n) is 0.995. The van der Waals surface area contributed by atoms with E-state index in [0.717, 1.165) is 19.6 Å². The summed E-state index contributed by atoms with van der Waals surface area (Å²) in [5.74, 6) is 0.0884. The summed E-state index contributed by atoms with van der Waals surface area (Å²) in [5, 5.41) is 2.59. The second-order valence-electron chi connectivity index (χ2n) is 2.65. The molecule has 0 rings (SSSR count).